The van der Waals surface area contributed by atoms with Crippen LogP contribution in [0.2, 0.25) is 10.0 Å². The number of amides is 1. The van der Waals surface area contributed by atoms with Crippen LogP contribution in [0, 0.1) is 0 Å². The molecule has 3 aromatic carbocycles. The lowest BCUT2D eigenvalue weighted by Gasteiger charge is -2.24. The second-order valence-electron chi connectivity index (χ2n) is 7.30. The summed E-state index contributed by atoms with van der Waals surface area (Å²) in [5, 5.41) is 1.17. The molecule has 0 fully saturated rings. The molecule has 0 saturated heterocycles. The van der Waals surface area contributed by atoms with Crippen molar-refractivity contribution in [3.05, 3.63) is 70.2 Å². The number of carbonyl (C=O) groups is 1. The van der Waals surface area contributed by atoms with Gasteiger partial charge in [0, 0.05) is 17.2 Å². The topological polar surface area (TPSA) is 60.9 Å². The zero-order valence-corrected chi connectivity index (χ0v) is 21.8. The van der Waals surface area contributed by atoms with Gasteiger partial charge >= 0.3 is 0 Å². The van der Waals surface area contributed by atoms with Gasteiger partial charge < -0.3 is 14.2 Å². The van der Waals surface area contributed by atoms with Crippen LogP contribution in [-0.2, 0) is 0 Å². The second-order valence-corrected chi connectivity index (χ2v) is 9.15. The highest BCUT2D eigenvalue weighted by Crippen LogP contribution is 2.45. The van der Waals surface area contributed by atoms with Crippen LogP contribution in [0.3, 0.4) is 0 Å². The average Bonchev–Trinajstić information content (AvgIpc) is 3.25. The summed E-state index contributed by atoms with van der Waals surface area (Å²) in [6, 6.07) is 16.0. The van der Waals surface area contributed by atoms with Gasteiger partial charge in [-0.15, -0.1) is 0 Å². The van der Waals surface area contributed by atoms with Gasteiger partial charge in [-0.1, -0.05) is 46.7 Å². The van der Waals surface area contributed by atoms with Crippen molar-refractivity contribution < 1.29 is 19.0 Å². The number of thiazole rings is 1. The molecular weight excluding hydrogens is 507 g/mol. The lowest BCUT2D eigenvalue weighted by Crippen LogP contribution is -2.26. The molecule has 1 heterocycles. The molecule has 0 N–H and O–H groups in total. The van der Waals surface area contributed by atoms with Crippen molar-refractivity contribution in [1.82, 2.24) is 4.98 Å². The average molecular weight is 531 g/mol. The van der Waals surface area contributed by atoms with Crippen LogP contribution < -0.4 is 19.1 Å². The third kappa shape index (κ3) is 5.32. The number of nitrogens with zero attached hydrogens (tertiary/aromatic N) is 2. The summed E-state index contributed by atoms with van der Waals surface area (Å²) >= 11 is 13.9. The number of hydrogen-bond acceptors (Lipinski definition) is 6. The zero-order valence-electron chi connectivity index (χ0n) is 19.5. The molecule has 1 amide bonds. The molecule has 9 heteroatoms. The van der Waals surface area contributed by atoms with E-state index >= 15 is 0 Å². The Balaban J connectivity index is 1.94. The molecule has 0 aliphatic heterocycles. The molecule has 0 aliphatic carbocycles. The monoisotopic (exact) mass is 530 g/mol. The number of halogens is 2. The quantitative estimate of drug-likeness (QED) is 0.221. The van der Waals surface area contributed by atoms with Gasteiger partial charge in [-0.05, 0) is 51.1 Å². The first-order valence-corrected chi connectivity index (χ1v) is 12.8. The lowest BCUT2D eigenvalue weighted by molar-refractivity contribution is 0.0999. The van der Waals surface area contributed by atoms with Crippen LogP contribution in [0.4, 0.5) is 10.8 Å². The maximum Gasteiger partial charge on any atom is 0.266 e. The van der Waals surface area contributed by atoms with E-state index < -0.39 is 0 Å². The molecule has 0 aliphatic rings. The molecule has 0 unspecified atom stereocenters. The number of benzene rings is 3. The van der Waals surface area contributed by atoms with E-state index in [4.69, 9.17) is 42.4 Å². The van der Waals surface area contributed by atoms with Crippen molar-refractivity contribution in [2.75, 3.05) is 24.7 Å². The van der Waals surface area contributed by atoms with Crippen LogP contribution in [0.5, 0.6) is 17.2 Å². The summed E-state index contributed by atoms with van der Waals surface area (Å²) in [6.45, 7) is 6.90. The summed E-state index contributed by atoms with van der Waals surface area (Å²) in [5.41, 5.74) is 1.59. The van der Waals surface area contributed by atoms with E-state index in [1.807, 2.05) is 45.0 Å². The maximum absolute atomic E-state index is 14.0. The Morgan fingerprint density at radius 2 is 1.57 bits per heavy atom. The van der Waals surface area contributed by atoms with E-state index in [2.05, 4.69) is 0 Å². The number of rotatable bonds is 9. The van der Waals surface area contributed by atoms with E-state index in [9.17, 15) is 4.79 Å². The number of para-hydroxylation sites is 1. The van der Waals surface area contributed by atoms with Gasteiger partial charge in [0.1, 0.15) is 0 Å². The largest absolute Gasteiger partial charge is 0.490 e. The highest BCUT2D eigenvalue weighted by atomic mass is 35.5. The third-order valence-corrected chi connectivity index (χ3v) is 6.56. The van der Waals surface area contributed by atoms with E-state index in [0.29, 0.717) is 58.5 Å². The van der Waals surface area contributed by atoms with Crippen LogP contribution in [-0.4, -0.2) is 30.7 Å². The van der Waals surface area contributed by atoms with Crippen molar-refractivity contribution in [2.45, 2.75) is 20.8 Å². The van der Waals surface area contributed by atoms with Gasteiger partial charge in [0.25, 0.3) is 5.91 Å². The molecule has 0 radical (unpaired) electrons. The summed E-state index contributed by atoms with van der Waals surface area (Å²) in [5.74, 6) is 1.06. The van der Waals surface area contributed by atoms with Crippen LogP contribution in [0.15, 0.2) is 54.6 Å². The Morgan fingerprint density at radius 1 is 0.914 bits per heavy atom. The fourth-order valence-corrected chi connectivity index (χ4v) is 5.03. The van der Waals surface area contributed by atoms with Gasteiger partial charge in [-0.3, -0.25) is 9.69 Å². The Hall–Kier alpha value is -3.00. The second kappa shape index (κ2) is 11.2. The standard InChI is InChI=1S/C26H24Cl2N2O4S/c1-4-32-21-14-17(15-22(33-5-2)24(21)34-6-3)30(25(31)18-12-11-16(27)13-19(18)28)26-29-20-9-7-8-10-23(20)35-26/h7-15H,4-6H2,1-3H3. The SMILES string of the molecule is CCOc1cc(N(C(=O)c2ccc(Cl)cc2Cl)c2nc3ccccc3s2)cc(OCC)c1OCC. The molecule has 0 spiro atoms. The molecule has 35 heavy (non-hydrogen) atoms. The number of carbonyl (C=O) groups excluding carboxylic acids is 1. The van der Waals surface area contributed by atoms with Crippen molar-refractivity contribution >= 4 is 61.5 Å². The Bertz CT molecular complexity index is 1300. The first-order valence-electron chi connectivity index (χ1n) is 11.2. The number of ether oxygens (including phenoxy) is 3. The van der Waals surface area contributed by atoms with Gasteiger partial charge in [0.15, 0.2) is 16.6 Å². The zero-order chi connectivity index (χ0) is 24.9. The minimum atomic E-state index is -0.361. The molecule has 4 rings (SSSR count). The highest BCUT2D eigenvalue weighted by molar-refractivity contribution is 7.22. The van der Waals surface area contributed by atoms with Gasteiger partial charge in [-0.2, -0.15) is 0 Å². The Labute approximate surface area is 218 Å². The summed E-state index contributed by atoms with van der Waals surface area (Å²) in [4.78, 5) is 20.2. The van der Waals surface area contributed by atoms with E-state index in [1.54, 1.807) is 30.3 Å². The number of fused-ring (bicyclic) bond motifs is 1. The van der Waals surface area contributed by atoms with Crippen molar-refractivity contribution in [3.63, 3.8) is 0 Å². The molecular formula is C26H24Cl2N2O4S. The minimum absolute atomic E-state index is 0.245. The molecule has 182 valence electrons. The third-order valence-electron chi connectivity index (χ3n) is 4.99. The number of anilines is 2. The Morgan fingerprint density at radius 3 is 2.17 bits per heavy atom. The Kier molecular flexibility index (Phi) is 8.00. The first kappa shape index (κ1) is 25.1. The maximum atomic E-state index is 14.0. The summed E-state index contributed by atoms with van der Waals surface area (Å²) in [6.07, 6.45) is 0. The summed E-state index contributed by atoms with van der Waals surface area (Å²) in [7, 11) is 0. The fraction of sp³-hybridized carbons (Fsp3) is 0.231. The number of hydrogen-bond donors (Lipinski definition) is 0. The van der Waals surface area contributed by atoms with E-state index in [1.165, 1.54) is 16.2 Å². The highest BCUT2D eigenvalue weighted by Gasteiger charge is 2.28. The fourth-order valence-electron chi connectivity index (χ4n) is 3.56. The predicted octanol–water partition coefficient (Wildman–Crippen LogP) is 7.78. The van der Waals surface area contributed by atoms with Gasteiger partial charge in [0.05, 0.1) is 46.3 Å². The smallest absolute Gasteiger partial charge is 0.266 e. The molecule has 0 bridgehead atoms. The van der Waals surface area contributed by atoms with E-state index in [0.717, 1.165) is 10.2 Å². The number of aromatic nitrogens is 1. The first-order chi connectivity index (χ1) is 17.0. The van der Waals surface area contributed by atoms with Crippen LogP contribution in [0.25, 0.3) is 10.2 Å². The molecule has 6 nitrogen and oxygen atoms in total. The molecule has 0 saturated carbocycles. The normalized spacial score (nSPS) is 10.9. The molecule has 0 atom stereocenters. The van der Waals surface area contributed by atoms with Gasteiger partial charge in [-0.25, -0.2) is 4.98 Å². The van der Waals surface area contributed by atoms with Crippen molar-refractivity contribution in [1.29, 1.82) is 0 Å². The molecule has 4 aromatic rings. The van der Waals surface area contributed by atoms with Crippen LogP contribution in [0.1, 0.15) is 31.1 Å². The van der Waals surface area contributed by atoms with Crippen molar-refractivity contribution in [3.8, 4) is 17.2 Å². The van der Waals surface area contributed by atoms with E-state index in [-0.39, 0.29) is 10.9 Å². The summed E-state index contributed by atoms with van der Waals surface area (Å²) < 4.78 is 18.6. The van der Waals surface area contributed by atoms with Crippen LogP contribution >= 0.6 is 34.5 Å². The molecule has 1 aromatic heterocycles. The van der Waals surface area contributed by atoms with Gasteiger partial charge in [0.2, 0.25) is 5.75 Å². The van der Waals surface area contributed by atoms with Crippen molar-refractivity contribution in [2.24, 2.45) is 0 Å². The minimum Gasteiger partial charge on any atom is -0.490 e. The predicted molar refractivity (Wildman–Crippen MR) is 143 cm³/mol. The lowest BCUT2D eigenvalue weighted by atomic mass is 10.1.